The summed E-state index contributed by atoms with van der Waals surface area (Å²) in [5, 5.41) is 7.75. The molecule has 0 aliphatic rings. The number of nitrogens with zero attached hydrogens (tertiary/aromatic N) is 2. The third kappa shape index (κ3) is 2.29. The summed E-state index contributed by atoms with van der Waals surface area (Å²) in [5.41, 5.74) is 7.23. The Labute approximate surface area is 82.1 Å². The summed E-state index contributed by atoms with van der Waals surface area (Å²) < 4.78 is 5.23. The minimum absolute atomic E-state index is 0.361. The smallest absolute Gasteiger partial charge is 0.157 e. The molecule has 0 saturated carbocycles. The fraction of sp³-hybridized carbons (Fsp3) is 0.500. The first-order chi connectivity index (χ1) is 6.16. The van der Waals surface area contributed by atoms with Gasteiger partial charge < -0.3 is 10.5 Å². The molecular formula is C8H12ClN3O. The highest BCUT2D eigenvalue weighted by Gasteiger charge is 2.09. The van der Waals surface area contributed by atoms with Crippen LogP contribution in [0.25, 0.3) is 0 Å². The van der Waals surface area contributed by atoms with E-state index in [4.69, 9.17) is 22.1 Å². The maximum absolute atomic E-state index is 5.83. The molecule has 0 atom stereocenters. The Bertz CT molecular complexity index is 304. The van der Waals surface area contributed by atoms with Gasteiger partial charge in [-0.25, -0.2) is 0 Å². The standard InChI is InChI=1S/C8H12ClN3O/c1-3-13-4-6-5(2)8(10)12-11-7(6)9/h3-4H2,1-2H3,(H2,10,12). The minimum atomic E-state index is 0.361. The summed E-state index contributed by atoms with van der Waals surface area (Å²) in [4.78, 5) is 0. The van der Waals surface area contributed by atoms with Gasteiger partial charge in [0.25, 0.3) is 0 Å². The third-order valence-electron chi connectivity index (χ3n) is 1.78. The Morgan fingerprint density at radius 3 is 2.77 bits per heavy atom. The number of ether oxygens (including phenoxy) is 1. The quantitative estimate of drug-likeness (QED) is 0.806. The van der Waals surface area contributed by atoms with Gasteiger partial charge in [0, 0.05) is 17.7 Å². The van der Waals surface area contributed by atoms with Crippen LogP contribution in [0.5, 0.6) is 0 Å². The van der Waals surface area contributed by atoms with Gasteiger partial charge in [0.1, 0.15) is 5.82 Å². The van der Waals surface area contributed by atoms with Crippen LogP contribution >= 0.6 is 11.6 Å². The average molecular weight is 202 g/mol. The van der Waals surface area contributed by atoms with E-state index in [9.17, 15) is 0 Å². The van der Waals surface area contributed by atoms with E-state index in [1.165, 1.54) is 0 Å². The highest BCUT2D eigenvalue weighted by Crippen LogP contribution is 2.20. The van der Waals surface area contributed by atoms with Gasteiger partial charge in [-0.3, -0.25) is 0 Å². The summed E-state index contributed by atoms with van der Waals surface area (Å²) in [6.45, 7) is 4.84. The third-order valence-corrected chi connectivity index (χ3v) is 2.09. The summed E-state index contributed by atoms with van der Waals surface area (Å²) in [7, 11) is 0. The van der Waals surface area contributed by atoms with Gasteiger partial charge in [0.15, 0.2) is 5.15 Å². The first-order valence-electron chi connectivity index (χ1n) is 4.01. The zero-order valence-electron chi connectivity index (χ0n) is 7.67. The van der Waals surface area contributed by atoms with Gasteiger partial charge in [-0.1, -0.05) is 11.6 Å². The summed E-state index contributed by atoms with van der Waals surface area (Å²) in [6.07, 6.45) is 0. The minimum Gasteiger partial charge on any atom is -0.382 e. The van der Waals surface area contributed by atoms with Crippen LogP contribution in [0.2, 0.25) is 5.15 Å². The lowest BCUT2D eigenvalue weighted by atomic mass is 10.2. The van der Waals surface area contributed by atoms with Crippen molar-refractivity contribution in [2.75, 3.05) is 12.3 Å². The lowest BCUT2D eigenvalue weighted by Crippen LogP contribution is -2.04. The lowest BCUT2D eigenvalue weighted by Gasteiger charge is -2.07. The Morgan fingerprint density at radius 1 is 1.46 bits per heavy atom. The van der Waals surface area contributed by atoms with Crippen molar-refractivity contribution >= 4 is 17.4 Å². The Hall–Kier alpha value is -0.870. The topological polar surface area (TPSA) is 61.0 Å². The van der Waals surface area contributed by atoms with Gasteiger partial charge in [0.05, 0.1) is 6.61 Å². The average Bonchev–Trinajstić information content (AvgIpc) is 2.12. The van der Waals surface area contributed by atoms with Crippen LogP contribution in [0.1, 0.15) is 18.1 Å². The van der Waals surface area contributed by atoms with Crippen molar-refractivity contribution in [2.24, 2.45) is 0 Å². The molecule has 0 unspecified atom stereocenters. The second-order valence-electron chi connectivity index (χ2n) is 2.62. The van der Waals surface area contributed by atoms with Crippen LogP contribution in [0.4, 0.5) is 5.82 Å². The number of hydrogen-bond donors (Lipinski definition) is 1. The van der Waals surface area contributed by atoms with E-state index in [0.29, 0.717) is 24.2 Å². The van der Waals surface area contributed by atoms with Crippen molar-refractivity contribution in [3.05, 3.63) is 16.3 Å². The zero-order valence-corrected chi connectivity index (χ0v) is 8.43. The molecule has 72 valence electrons. The predicted octanol–water partition coefficient (Wildman–Crippen LogP) is 1.56. The first kappa shape index (κ1) is 10.2. The molecule has 0 amide bonds. The van der Waals surface area contributed by atoms with Gasteiger partial charge in [-0.2, -0.15) is 0 Å². The molecule has 0 fully saturated rings. The molecule has 0 aliphatic heterocycles. The van der Waals surface area contributed by atoms with Crippen LogP contribution in [0, 0.1) is 6.92 Å². The second kappa shape index (κ2) is 4.39. The van der Waals surface area contributed by atoms with Gasteiger partial charge in [-0.15, -0.1) is 10.2 Å². The van der Waals surface area contributed by atoms with Crippen LogP contribution in [-0.2, 0) is 11.3 Å². The first-order valence-corrected chi connectivity index (χ1v) is 4.39. The molecule has 2 N–H and O–H groups in total. The van der Waals surface area contributed by atoms with Crippen molar-refractivity contribution in [1.82, 2.24) is 10.2 Å². The van der Waals surface area contributed by atoms with E-state index >= 15 is 0 Å². The lowest BCUT2D eigenvalue weighted by molar-refractivity contribution is 0.133. The van der Waals surface area contributed by atoms with E-state index in [2.05, 4.69) is 10.2 Å². The van der Waals surface area contributed by atoms with E-state index in [1.54, 1.807) is 0 Å². The fourth-order valence-electron chi connectivity index (χ4n) is 0.914. The van der Waals surface area contributed by atoms with Gasteiger partial charge in [-0.05, 0) is 13.8 Å². The second-order valence-corrected chi connectivity index (χ2v) is 2.97. The highest BCUT2D eigenvalue weighted by atomic mass is 35.5. The van der Waals surface area contributed by atoms with Crippen LogP contribution < -0.4 is 5.73 Å². The van der Waals surface area contributed by atoms with E-state index < -0.39 is 0 Å². The summed E-state index contributed by atoms with van der Waals surface area (Å²) >= 11 is 5.83. The van der Waals surface area contributed by atoms with Gasteiger partial charge >= 0.3 is 0 Å². The van der Waals surface area contributed by atoms with Crippen LogP contribution in [0.3, 0.4) is 0 Å². The van der Waals surface area contributed by atoms with Crippen molar-refractivity contribution in [3.8, 4) is 0 Å². The molecule has 0 radical (unpaired) electrons. The molecule has 13 heavy (non-hydrogen) atoms. The predicted molar refractivity (Wildman–Crippen MR) is 51.5 cm³/mol. The normalized spacial score (nSPS) is 10.4. The monoisotopic (exact) mass is 201 g/mol. The van der Waals surface area contributed by atoms with E-state index in [1.807, 2.05) is 13.8 Å². The van der Waals surface area contributed by atoms with Crippen LogP contribution in [-0.4, -0.2) is 16.8 Å². The Balaban J connectivity index is 2.96. The molecule has 1 aromatic rings. The number of hydrogen-bond acceptors (Lipinski definition) is 4. The van der Waals surface area contributed by atoms with E-state index in [0.717, 1.165) is 11.1 Å². The maximum atomic E-state index is 5.83. The number of rotatable bonds is 3. The maximum Gasteiger partial charge on any atom is 0.157 e. The van der Waals surface area contributed by atoms with Gasteiger partial charge in [0.2, 0.25) is 0 Å². The van der Waals surface area contributed by atoms with Crippen molar-refractivity contribution < 1.29 is 4.74 Å². The summed E-state index contributed by atoms with van der Waals surface area (Å²) in [5.74, 6) is 0.402. The van der Waals surface area contributed by atoms with Crippen LogP contribution in [0.15, 0.2) is 0 Å². The van der Waals surface area contributed by atoms with Crippen molar-refractivity contribution in [1.29, 1.82) is 0 Å². The van der Waals surface area contributed by atoms with E-state index in [-0.39, 0.29) is 0 Å². The Kier molecular flexibility index (Phi) is 3.45. The summed E-state index contributed by atoms with van der Waals surface area (Å²) in [6, 6.07) is 0. The van der Waals surface area contributed by atoms with Crippen molar-refractivity contribution in [3.63, 3.8) is 0 Å². The number of nitrogen functional groups attached to an aromatic ring is 1. The Morgan fingerprint density at radius 2 is 2.15 bits per heavy atom. The molecule has 0 spiro atoms. The largest absolute Gasteiger partial charge is 0.382 e. The number of anilines is 1. The molecule has 1 rings (SSSR count). The molecular weight excluding hydrogens is 190 g/mol. The number of halogens is 1. The molecule has 4 nitrogen and oxygen atoms in total. The molecule has 0 aliphatic carbocycles. The molecule has 0 aromatic carbocycles. The number of nitrogens with two attached hydrogens (primary N) is 1. The van der Waals surface area contributed by atoms with Crippen molar-refractivity contribution in [2.45, 2.75) is 20.5 Å². The molecule has 0 bridgehead atoms. The fourth-order valence-corrected chi connectivity index (χ4v) is 1.15. The molecule has 5 heteroatoms. The molecule has 0 saturated heterocycles. The molecule has 1 aromatic heterocycles. The zero-order chi connectivity index (χ0) is 9.84. The highest BCUT2D eigenvalue weighted by molar-refractivity contribution is 6.30. The number of aromatic nitrogens is 2. The molecule has 1 heterocycles. The SMILES string of the molecule is CCOCc1c(Cl)nnc(N)c1C.